The van der Waals surface area contributed by atoms with Crippen LogP contribution in [0.25, 0.3) is 22.7 Å². The standard InChI is InChI=1S/C39H48N8O4/c1-27-8-12-30(13-9-27)47-36(25-34(44-47)39(2,3)4)41-38(48)40-29-10-14-31(15-11-29)51-33-16-17-35-42-43-37(46(35)26-33)28-6-5-7-32(24-28)50-23-20-45-18-21-49-22-19-45/h5-9,12-13,16-17,24-26,29,31H,10-11,14-15,18-23H2,1-4H3,(H2,40,41,48). The summed E-state index contributed by atoms with van der Waals surface area (Å²) in [6.45, 7) is 13.3. The first-order valence-electron chi connectivity index (χ1n) is 18.0. The molecule has 7 rings (SSSR count). The summed E-state index contributed by atoms with van der Waals surface area (Å²) in [5.41, 5.74) is 4.48. The zero-order chi connectivity index (χ0) is 35.4. The monoisotopic (exact) mass is 692 g/mol. The van der Waals surface area contributed by atoms with Crippen molar-refractivity contribution in [2.24, 2.45) is 0 Å². The number of amides is 2. The number of urea groups is 1. The number of pyridine rings is 1. The van der Waals surface area contributed by atoms with Gasteiger partial charge in [-0.1, -0.05) is 50.6 Å². The van der Waals surface area contributed by atoms with E-state index in [-0.39, 0.29) is 23.6 Å². The minimum atomic E-state index is -0.231. The summed E-state index contributed by atoms with van der Waals surface area (Å²) in [4.78, 5) is 15.6. The second-order valence-corrected chi connectivity index (χ2v) is 14.5. The van der Waals surface area contributed by atoms with Crippen molar-refractivity contribution in [3.05, 3.63) is 84.2 Å². The van der Waals surface area contributed by atoms with Gasteiger partial charge in [0.2, 0.25) is 0 Å². The molecule has 0 atom stereocenters. The first-order valence-corrected chi connectivity index (χ1v) is 18.0. The van der Waals surface area contributed by atoms with Gasteiger partial charge in [0.15, 0.2) is 11.5 Å². The maximum Gasteiger partial charge on any atom is 0.320 e. The highest BCUT2D eigenvalue weighted by atomic mass is 16.5. The molecule has 2 N–H and O–H groups in total. The number of carbonyl (C=O) groups is 1. The number of nitrogens with one attached hydrogen (secondary N) is 2. The van der Waals surface area contributed by atoms with Crippen LogP contribution in [-0.2, 0) is 10.2 Å². The van der Waals surface area contributed by atoms with Gasteiger partial charge < -0.3 is 19.5 Å². The lowest BCUT2D eigenvalue weighted by Gasteiger charge is -2.29. The second kappa shape index (κ2) is 15.1. The molecular formula is C39H48N8O4. The van der Waals surface area contributed by atoms with E-state index >= 15 is 0 Å². The number of hydrogen-bond donors (Lipinski definition) is 2. The minimum Gasteiger partial charge on any atom is -0.492 e. The highest BCUT2D eigenvalue weighted by molar-refractivity contribution is 5.89. The number of hydrogen-bond acceptors (Lipinski definition) is 8. The quantitative estimate of drug-likeness (QED) is 0.172. The zero-order valence-electron chi connectivity index (χ0n) is 30.0. The minimum absolute atomic E-state index is 0.0454. The first-order chi connectivity index (χ1) is 24.7. The number of rotatable bonds is 10. The van der Waals surface area contributed by atoms with Gasteiger partial charge >= 0.3 is 6.03 Å². The average molecular weight is 693 g/mol. The van der Waals surface area contributed by atoms with Gasteiger partial charge in [-0.15, -0.1) is 10.2 Å². The van der Waals surface area contributed by atoms with Gasteiger partial charge in [0, 0.05) is 42.7 Å². The molecule has 2 amide bonds. The number of nitrogens with zero attached hydrogens (tertiary/aromatic N) is 6. The number of benzene rings is 2. The summed E-state index contributed by atoms with van der Waals surface area (Å²) in [6.07, 6.45) is 5.30. The first kappa shape index (κ1) is 34.5. The third kappa shape index (κ3) is 8.51. The predicted molar refractivity (Wildman–Crippen MR) is 197 cm³/mol. The number of ether oxygens (including phenoxy) is 3. The Balaban J connectivity index is 0.937. The van der Waals surface area contributed by atoms with Crippen molar-refractivity contribution in [3.63, 3.8) is 0 Å². The van der Waals surface area contributed by atoms with Gasteiger partial charge in [0.25, 0.3) is 0 Å². The summed E-state index contributed by atoms with van der Waals surface area (Å²) in [5.74, 6) is 2.93. The molecular weight excluding hydrogens is 644 g/mol. The fourth-order valence-corrected chi connectivity index (χ4v) is 6.55. The normalized spacial score (nSPS) is 18.4. The molecule has 51 heavy (non-hydrogen) atoms. The third-order valence-electron chi connectivity index (χ3n) is 9.56. The van der Waals surface area contributed by atoms with Gasteiger partial charge in [-0.3, -0.25) is 14.6 Å². The van der Waals surface area contributed by atoms with E-state index in [1.807, 2.05) is 77.3 Å². The van der Waals surface area contributed by atoms with Crippen LogP contribution >= 0.6 is 0 Å². The van der Waals surface area contributed by atoms with E-state index in [4.69, 9.17) is 19.3 Å². The molecule has 3 aromatic heterocycles. The lowest BCUT2D eigenvalue weighted by atomic mass is 9.92. The van der Waals surface area contributed by atoms with Crippen LogP contribution in [-0.4, -0.2) is 86.9 Å². The Morgan fingerprint density at radius 2 is 1.73 bits per heavy atom. The maximum atomic E-state index is 13.2. The molecule has 0 bridgehead atoms. The molecule has 5 aromatic rings. The number of carbonyl (C=O) groups excluding carboxylic acids is 1. The smallest absolute Gasteiger partial charge is 0.320 e. The lowest BCUT2D eigenvalue weighted by Crippen LogP contribution is -2.42. The summed E-state index contributed by atoms with van der Waals surface area (Å²) in [7, 11) is 0. The summed E-state index contributed by atoms with van der Waals surface area (Å²) >= 11 is 0. The van der Waals surface area contributed by atoms with Gasteiger partial charge in [0.05, 0.1) is 36.9 Å². The van der Waals surface area contributed by atoms with E-state index < -0.39 is 0 Å². The summed E-state index contributed by atoms with van der Waals surface area (Å²) in [5, 5.41) is 20.0. The molecule has 0 spiro atoms. The molecule has 0 radical (unpaired) electrons. The van der Waals surface area contributed by atoms with E-state index in [1.54, 1.807) is 4.68 Å². The van der Waals surface area contributed by atoms with Gasteiger partial charge in [-0.05, 0) is 69.0 Å². The maximum absolute atomic E-state index is 13.2. The number of anilines is 1. The Labute approximate surface area is 299 Å². The molecule has 12 heteroatoms. The predicted octanol–water partition coefficient (Wildman–Crippen LogP) is 6.41. The Morgan fingerprint density at radius 1 is 0.941 bits per heavy atom. The van der Waals surface area contributed by atoms with Gasteiger partial charge in [-0.2, -0.15) is 5.10 Å². The molecule has 1 saturated carbocycles. The van der Waals surface area contributed by atoms with E-state index in [0.717, 1.165) is 98.4 Å². The zero-order valence-corrected chi connectivity index (χ0v) is 30.0. The Hall–Kier alpha value is -4.94. The van der Waals surface area contributed by atoms with E-state index in [1.165, 1.54) is 5.56 Å². The van der Waals surface area contributed by atoms with Crippen LogP contribution in [0.15, 0.2) is 72.9 Å². The van der Waals surface area contributed by atoms with Crippen LogP contribution in [0, 0.1) is 6.92 Å². The van der Waals surface area contributed by atoms with E-state index in [2.05, 4.69) is 53.4 Å². The van der Waals surface area contributed by atoms with Crippen molar-refractivity contribution in [1.82, 2.24) is 34.6 Å². The van der Waals surface area contributed by atoms with Gasteiger partial charge in [0.1, 0.15) is 23.9 Å². The molecule has 2 fully saturated rings. The molecule has 12 nitrogen and oxygen atoms in total. The largest absolute Gasteiger partial charge is 0.492 e. The second-order valence-electron chi connectivity index (χ2n) is 14.5. The lowest BCUT2D eigenvalue weighted by molar-refractivity contribution is 0.0322. The topological polar surface area (TPSA) is 120 Å². The highest BCUT2D eigenvalue weighted by Gasteiger charge is 2.26. The fourth-order valence-electron chi connectivity index (χ4n) is 6.55. The van der Waals surface area contributed by atoms with E-state index in [0.29, 0.717) is 12.4 Å². The molecule has 268 valence electrons. The van der Waals surface area contributed by atoms with Crippen LogP contribution in [0.3, 0.4) is 0 Å². The molecule has 1 aliphatic carbocycles. The molecule has 4 heterocycles. The third-order valence-corrected chi connectivity index (χ3v) is 9.56. The highest BCUT2D eigenvalue weighted by Crippen LogP contribution is 2.29. The van der Waals surface area contributed by atoms with Crippen molar-refractivity contribution in [2.75, 3.05) is 44.8 Å². The van der Waals surface area contributed by atoms with Crippen LogP contribution in [0.5, 0.6) is 11.5 Å². The number of fused-ring (bicyclic) bond motifs is 1. The molecule has 2 aromatic carbocycles. The van der Waals surface area contributed by atoms with Crippen LogP contribution < -0.4 is 20.1 Å². The molecule has 0 unspecified atom stereocenters. The van der Waals surface area contributed by atoms with Crippen molar-refractivity contribution < 1.29 is 19.0 Å². The Bertz CT molecular complexity index is 1930. The van der Waals surface area contributed by atoms with Crippen molar-refractivity contribution >= 4 is 17.5 Å². The van der Waals surface area contributed by atoms with Crippen molar-refractivity contribution in [3.8, 4) is 28.6 Å². The SMILES string of the molecule is Cc1ccc(-n2nc(C(C)(C)C)cc2NC(=O)NC2CCC(Oc3ccc4nnc(-c5cccc(OCCN6CCOCC6)c5)n4c3)CC2)cc1. The van der Waals surface area contributed by atoms with Crippen molar-refractivity contribution in [1.29, 1.82) is 0 Å². The molecule has 1 saturated heterocycles. The van der Waals surface area contributed by atoms with Crippen LogP contribution in [0.4, 0.5) is 10.6 Å². The summed E-state index contributed by atoms with van der Waals surface area (Å²) < 4.78 is 21.8. The fraction of sp³-hybridized carbons (Fsp3) is 0.436. The number of morpholine rings is 1. The average Bonchev–Trinajstić information content (AvgIpc) is 3.75. The summed E-state index contributed by atoms with van der Waals surface area (Å²) in [6, 6.07) is 21.8. The van der Waals surface area contributed by atoms with E-state index in [9.17, 15) is 4.79 Å². The van der Waals surface area contributed by atoms with Crippen molar-refractivity contribution in [2.45, 2.75) is 70.9 Å². The van der Waals surface area contributed by atoms with Gasteiger partial charge in [-0.25, -0.2) is 9.48 Å². The Morgan fingerprint density at radius 3 is 2.49 bits per heavy atom. The number of aryl methyl sites for hydroxylation is 1. The Kier molecular flexibility index (Phi) is 10.2. The molecule has 2 aliphatic rings. The van der Waals surface area contributed by atoms with Crippen LogP contribution in [0.1, 0.15) is 57.7 Å². The number of aromatic nitrogens is 5. The molecule has 1 aliphatic heterocycles. The van der Waals surface area contributed by atoms with Crippen LogP contribution in [0.2, 0.25) is 0 Å².